The summed E-state index contributed by atoms with van der Waals surface area (Å²) in [7, 11) is 2.66. The average molecular weight is 508 g/mol. The van der Waals surface area contributed by atoms with E-state index in [1.807, 2.05) is 6.92 Å². The van der Waals surface area contributed by atoms with Crippen molar-refractivity contribution in [1.82, 2.24) is 5.32 Å². The third-order valence-electron chi connectivity index (χ3n) is 5.84. The molecule has 1 aliphatic carbocycles. The second-order valence-electron chi connectivity index (χ2n) is 7.81. The van der Waals surface area contributed by atoms with Crippen LogP contribution in [-0.2, 0) is 23.9 Å². The summed E-state index contributed by atoms with van der Waals surface area (Å²) in [5.41, 5.74) is 2.33. The van der Waals surface area contributed by atoms with Crippen LogP contribution in [-0.4, -0.2) is 43.7 Å². The third-order valence-corrected chi connectivity index (χ3v) is 6.45. The number of dihydropyridines is 1. The van der Waals surface area contributed by atoms with Crippen LogP contribution in [0.25, 0.3) is 0 Å². The van der Waals surface area contributed by atoms with Gasteiger partial charge in [0, 0.05) is 22.9 Å². The Morgan fingerprint density at radius 3 is 2.56 bits per heavy atom. The van der Waals surface area contributed by atoms with Crippen LogP contribution in [0.1, 0.15) is 38.7 Å². The normalized spacial score (nSPS) is 22.8. The number of methoxy groups -OCH3 is 2. The van der Waals surface area contributed by atoms with E-state index in [0.29, 0.717) is 33.4 Å². The Labute approximate surface area is 194 Å². The summed E-state index contributed by atoms with van der Waals surface area (Å²) >= 11 is 3.31. The predicted molar refractivity (Wildman–Crippen MR) is 119 cm³/mol. The van der Waals surface area contributed by atoms with Gasteiger partial charge in [0.15, 0.2) is 17.3 Å². The van der Waals surface area contributed by atoms with Gasteiger partial charge in [-0.15, -0.1) is 0 Å². The lowest BCUT2D eigenvalue weighted by Gasteiger charge is -2.38. The van der Waals surface area contributed by atoms with Crippen LogP contribution in [0.5, 0.6) is 11.5 Å². The van der Waals surface area contributed by atoms with Gasteiger partial charge in [0.1, 0.15) is 5.92 Å². The Bertz CT molecular complexity index is 1040. The van der Waals surface area contributed by atoms with E-state index in [-0.39, 0.29) is 29.6 Å². The van der Waals surface area contributed by atoms with Crippen LogP contribution in [0, 0.1) is 11.8 Å². The molecule has 32 heavy (non-hydrogen) atoms. The fourth-order valence-electron chi connectivity index (χ4n) is 4.41. The van der Waals surface area contributed by atoms with E-state index in [4.69, 9.17) is 14.2 Å². The summed E-state index contributed by atoms with van der Waals surface area (Å²) in [6.07, 6.45) is 0.432. The maximum absolute atomic E-state index is 13.6. The highest BCUT2D eigenvalue weighted by Gasteiger charge is 2.47. The SMILES string of the molecule is CCOC(=O)C1=C(C)NC2=C(C(=O)[C@@H](C(=O)OC)[C@H](C)C2)[C@@H]1c1cc(Br)c(O)c(OC)c1. The van der Waals surface area contributed by atoms with E-state index in [0.717, 1.165) is 0 Å². The monoisotopic (exact) mass is 507 g/mol. The van der Waals surface area contributed by atoms with E-state index in [1.165, 1.54) is 14.2 Å². The van der Waals surface area contributed by atoms with Crippen LogP contribution in [0.3, 0.4) is 0 Å². The summed E-state index contributed by atoms with van der Waals surface area (Å²) in [6, 6.07) is 3.20. The lowest BCUT2D eigenvalue weighted by Crippen LogP contribution is -2.43. The number of benzene rings is 1. The molecular formula is C23H26BrNO7. The van der Waals surface area contributed by atoms with Crippen molar-refractivity contribution >= 4 is 33.7 Å². The topological polar surface area (TPSA) is 111 Å². The Balaban J connectivity index is 2.26. The molecule has 0 bridgehead atoms. The van der Waals surface area contributed by atoms with Gasteiger partial charge in [-0.05, 0) is 59.8 Å². The molecule has 0 radical (unpaired) electrons. The second kappa shape index (κ2) is 9.36. The first kappa shape index (κ1) is 23.8. The van der Waals surface area contributed by atoms with E-state index >= 15 is 0 Å². The molecule has 0 unspecified atom stereocenters. The van der Waals surface area contributed by atoms with Gasteiger partial charge < -0.3 is 24.6 Å². The fraction of sp³-hybridized carbons (Fsp3) is 0.435. The number of allylic oxidation sites excluding steroid dienone is 3. The number of hydrogen-bond acceptors (Lipinski definition) is 8. The number of aromatic hydroxyl groups is 1. The van der Waals surface area contributed by atoms with Crippen LogP contribution >= 0.6 is 15.9 Å². The lowest BCUT2D eigenvalue weighted by atomic mass is 9.69. The summed E-state index contributed by atoms with van der Waals surface area (Å²) in [6.45, 7) is 5.43. The molecule has 2 aliphatic rings. The van der Waals surface area contributed by atoms with Gasteiger partial charge in [0.25, 0.3) is 0 Å². The highest BCUT2D eigenvalue weighted by molar-refractivity contribution is 9.10. The molecule has 1 aromatic rings. The predicted octanol–water partition coefficient (Wildman–Crippen LogP) is 3.34. The van der Waals surface area contributed by atoms with Gasteiger partial charge in [0.2, 0.25) is 0 Å². The summed E-state index contributed by atoms with van der Waals surface area (Å²) in [5, 5.41) is 13.5. The minimum atomic E-state index is -0.979. The molecule has 3 atom stereocenters. The lowest BCUT2D eigenvalue weighted by molar-refractivity contribution is -0.151. The molecular weight excluding hydrogens is 482 g/mol. The van der Waals surface area contributed by atoms with E-state index in [1.54, 1.807) is 26.0 Å². The van der Waals surface area contributed by atoms with Crippen LogP contribution < -0.4 is 10.1 Å². The van der Waals surface area contributed by atoms with Crippen molar-refractivity contribution in [2.45, 2.75) is 33.1 Å². The summed E-state index contributed by atoms with van der Waals surface area (Å²) in [4.78, 5) is 39.0. The zero-order valence-corrected chi connectivity index (χ0v) is 20.2. The fourth-order valence-corrected chi connectivity index (χ4v) is 4.87. The van der Waals surface area contributed by atoms with Crippen molar-refractivity contribution in [3.63, 3.8) is 0 Å². The van der Waals surface area contributed by atoms with Gasteiger partial charge >= 0.3 is 11.9 Å². The summed E-state index contributed by atoms with van der Waals surface area (Å²) < 4.78 is 15.8. The Morgan fingerprint density at radius 2 is 1.97 bits per heavy atom. The molecule has 2 N–H and O–H groups in total. The number of nitrogens with one attached hydrogen (secondary N) is 1. The van der Waals surface area contributed by atoms with Crippen LogP contribution in [0.15, 0.2) is 39.1 Å². The second-order valence-corrected chi connectivity index (χ2v) is 8.66. The van der Waals surface area contributed by atoms with Crippen molar-refractivity contribution in [3.05, 3.63) is 44.7 Å². The van der Waals surface area contributed by atoms with Crippen molar-refractivity contribution in [2.24, 2.45) is 11.8 Å². The zero-order chi connectivity index (χ0) is 23.7. The first-order chi connectivity index (χ1) is 15.2. The van der Waals surface area contributed by atoms with Crippen LogP contribution in [0.2, 0.25) is 0 Å². The number of phenols is 1. The molecule has 0 fully saturated rings. The number of ether oxygens (including phenoxy) is 3. The number of ketones is 1. The van der Waals surface area contributed by atoms with Gasteiger partial charge in [-0.1, -0.05) is 6.92 Å². The summed E-state index contributed by atoms with van der Waals surface area (Å²) in [5.74, 6) is -3.58. The molecule has 8 nitrogen and oxygen atoms in total. The van der Waals surface area contributed by atoms with Crippen LogP contribution in [0.4, 0.5) is 0 Å². The number of esters is 2. The number of halogens is 1. The smallest absolute Gasteiger partial charge is 0.336 e. The highest BCUT2D eigenvalue weighted by atomic mass is 79.9. The number of carbonyl (C=O) groups is 3. The van der Waals surface area contributed by atoms with E-state index in [9.17, 15) is 19.5 Å². The van der Waals surface area contributed by atoms with Crippen molar-refractivity contribution in [2.75, 3.05) is 20.8 Å². The number of rotatable bonds is 5. The Morgan fingerprint density at radius 1 is 1.28 bits per heavy atom. The molecule has 0 amide bonds. The zero-order valence-electron chi connectivity index (χ0n) is 18.6. The molecule has 0 spiro atoms. The van der Waals surface area contributed by atoms with Gasteiger partial charge in [-0.25, -0.2) is 4.79 Å². The molecule has 1 heterocycles. The van der Waals surface area contributed by atoms with E-state index in [2.05, 4.69) is 21.2 Å². The minimum Gasteiger partial charge on any atom is -0.503 e. The highest BCUT2D eigenvalue weighted by Crippen LogP contribution is 2.48. The largest absolute Gasteiger partial charge is 0.503 e. The number of Topliss-reactive ketones (excluding diaryl/α,β-unsaturated/α-hetero) is 1. The van der Waals surface area contributed by atoms with Gasteiger partial charge in [-0.3, -0.25) is 9.59 Å². The van der Waals surface area contributed by atoms with E-state index < -0.39 is 29.6 Å². The molecule has 0 aromatic heterocycles. The Kier molecular flexibility index (Phi) is 6.97. The molecule has 1 aromatic carbocycles. The standard InChI is InChI=1S/C23H26BrNO7/c1-6-32-23(29)17-11(3)25-14-7-10(2)16(22(28)31-5)21(27)19(14)18(17)12-8-13(24)20(26)15(9-12)30-4/h8-10,16,18,25-26H,6-7H2,1-5H3/t10-,16+,18-/m1/s1. The molecule has 1 aliphatic heterocycles. The first-order valence-corrected chi connectivity index (χ1v) is 11.0. The first-order valence-electron chi connectivity index (χ1n) is 10.2. The molecule has 9 heteroatoms. The molecule has 0 saturated heterocycles. The van der Waals surface area contributed by atoms with Crippen molar-refractivity contribution in [1.29, 1.82) is 0 Å². The van der Waals surface area contributed by atoms with Gasteiger partial charge in [0.05, 0.1) is 30.9 Å². The van der Waals surface area contributed by atoms with Crippen molar-refractivity contribution < 1.29 is 33.7 Å². The molecule has 0 saturated carbocycles. The maximum atomic E-state index is 13.6. The van der Waals surface area contributed by atoms with Gasteiger partial charge in [-0.2, -0.15) is 0 Å². The number of phenolic OH excluding ortho intramolecular Hbond substituents is 1. The Hall–Kier alpha value is -2.81. The number of carbonyl (C=O) groups excluding carboxylic acids is 3. The average Bonchev–Trinajstić information content (AvgIpc) is 2.74. The maximum Gasteiger partial charge on any atom is 0.336 e. The third kappa shape index (κ3) is 4.01. The molecule has 3 rings (SSSR count). The number of hydrogen-bond donors (Lipinski definition) is 2. The van der Waals surface area contributed by atoms with Crippen molar-refractivity contribution in [3.8, 4) is 11.5 Å². The molecule has 172 valence electrons. The minimum absolute atomic E-state index is 0.103. The quantitative estimate of drug-likeness (QED) is 0.461.